The number of aryl methyl sites for hydroxylation is 1. The van der Waals surface area contributed by atoms with Crippen molar-refractivity contribution in [2.24, 2.45) is 0 Å². The van der Waals surface area contributed by atoms with Gasteiger partial charge in [-0.2, -0.15) is 4.98 Å². The summed E-state index contributed by atoms with van der Waals surface area (Å²) in [7, 11) is 0. The van der Waals surface area contributed by atoms with Crippen LogP contribution in [0.2, 0.25) is 0 Å². The molecule has 1 aliphatic rings. The van der Waals surface area contributed by atoms with Crippen LogP contribution >= 0.6 is 0 Å². The Kier molecular flexibility index (Phi) is 6.08. The van der Waals surface area contributed by atoms with Crippen LogP contribution < -0.4 is 14.8 Å². The highest BCUT2D eigenvalue weighted by molar-refractivity contribution is 5.82. The lowest BCUT2D eigenvalue weighted by Crippen LogP contribution is -2.25. The second-order valence-corrected chi connectivity index (χ2v) is 8.16. The Labute approximate surface area is 191 Å². The molecule has 1 fully saturated rings. The Morgan fingerprint density at radius 1 is 1.12 bits per heavy atom. The van der Waals surface area contributed by atoms with E-state index in [-0.39, 0.29) is 11.6 Å². The van der Waals surface area contributed by atoms with E-state index >= 15 is 0 Å². The second kappa shape index (κ2) is 9.46. The fourth-order valence-corrected chi connectivity index (χ4v) is 4.03. The Morgan fingerprint density at radius 3 is 2.88 bits per heavy atom. The molecule has 2 aromatic heterocycles. The van der Waals surface area contributed by atoms with Crippen LogP contribution in [0.3, 0.4) is 0 Å². The van der Waals surface area contributed by atoms with Crippen LogP contribution in [0.1, 0.15) is 18.5 Å². The highest BCUT2D eigenvalue weighted by atomic mass is 19.1. The third kappa shape index (κ3) is 5.06. The van der Waals surface area contributed by atoms with Crippen molar-refractivity contribution >= 4 is 22.5 Å². The highest BCUT2D eigenvalue weighted by Gasteiger charge is 2.13. The molecule has 7 nitrogen and oxygen atoms in total. The molecule has 2 aromatic carbocycles. The zero-order chi connectivity index (χ0) is 22.6. The molecular formula is C25H26FN5O2. The number of nitrogens with one attached hydrogen (secondary N) is 2. The van der Waals surface area contributed by atoms with Gasteiger partial charge in [0, 0.05) is 47.2 Å². The topological polar surface area (TPSA) is 75.3 Å². The first-order valence-electron chi connectivity index (χ1n) is 11.1. The predicted molar refractivity (Wildman–Crippen MR) is 126 cm³/mol. The van der Waals surface area contributed by atoms with E-state index in [9.17, 15) is 4.39 Å². The molecular weight excluding hydrogens is 421 g/mol. The third-order valence-electron chi connectivity index (χ3n) is 5.65. The van der Waals surface area contributed by atoms with Crippen molar-refractivity contribution in [1.82, 2.24) is 19.9 Å². The summed E-state index contributed by atoms with van der Waals surface area (Å²) < 4.78 is 26.5. The van der Waals surface area contributed by atoms with Gasteiger partial charge in [0.1, 0.15) is 12.4 Å². The number of likely N-dealkylation sites (tertiary alicyclic amines) is 1. The summed E-state index contributed by atoms with van der Waals surface area (Å²) in [5.41, 5.74) is 2.41. The van der Waals surface area contributed by atoms with Crippen LogP contribution in [0.5, 0.6) is 17.4 Å². The van der Waals surface area contributed by atoms with Gasteiger partial charge in [0.05, 0.1) is 0 Å². The van der Waals surface area contributed by atoms with Gasteiger partial charge in [-0.3, -0.25) is 4.90 Å². The van der Waals surface area contributed by atoms with Gasteiger partial charge in [0.15, 0.2) is 11.6 Å². The highest BCUT2D eigenvalue weighted by Crippen LogP contribution is 2.30. The van der Waals surface area contributed by atoms with Crippen molar-refractivity contribution in [3.8, 4) is 17.4 Å². The number of hydrogen-bond acceptors (Lipinski definition) is 6. The average molecular weight is 448 g/mol. The molecule has 2 N–H and O–H groups in total. The minimum atomic E-state index is -0.427. The Bertz CT molecular complexity index is 1250. The smallest absolute Gasteiger partial charge is 0.230 e. The first-order valence-corrected chi connectivity index (χ1v) is 11.1. The van der Waals surface area contributed by atoms with E-state index in [2.05, 4.69) is 25.2 Å². The number of nitrogens with zero attached hydrogens (tertiary/aromatic N) is 3. The van der Waals surface area contributed by atoms with E-state index in [0.717, 1.165) is 42.3 Å². The van der Waals surface area contributed by atoms with Crippen molar-refractivity contribution in [3.63, 3.8) is 0 Å². The zero-order valence-electron chi connectivity index (χ0n) is 18.5. The molecule has 0 amide bonds. The maximum absolute atomic E-state index is 14.8. The van der Waals surface area contributed by atoms with Crippen LogP contribution in [0, 0.1) is 12.7 Å². The Balaban J connectivity index is 1.24. The normalized spacial score (nSPS) is 14.0. The quantitative estimate of drug-likeness (QED) is 0.376. The number of aromatic amines is 1. The predicted octanol–water partition coefficient (Wildman–Crippen LogP) is 5.42. The van der Waals surface area contributed by atoms with E-state index in [1.54, 1.807) is 30.5 Å². The third-order valence-corrected chi connectivity index (χ3v) is 5.65. The number of hydrogen-bond donors (Lipinski definition) is 2. The number of fused-ring (bicyclic) bond motifs is 1. The molecule has 0 saturated carbocycles. The molecule has 3 heterocycles. The molecule has 170 valence electrons. The lowest BCUT2D eigenvalue weighted by Gasteiger charge is -2.15. The monoisotopic (exact) mass is 447 g/mol. The van der Waals surface area contributed by atoms with Gasteiger partial charge in [-0.1, -0.05) is 6.07 Å². The summed E-state index contributed by atoms with van der Waals surface area (Å²) in [6.45, 7) is 5.78. The molecule has 8 heteroatoms. The number of aromatic nitrogens is 3. The molecule has 1 aliphatic heterocycles. The molecule has 0 unspecified atom stereocenters. The average Bonchev–Trinajstić information content (AvgIpc) is 3.46. The van der Waals surface area contributed by atoms with Gasteiger partial charge in [0.2, 0.25) is 11.8 Å². The molecule has 0 aliphatic carbocycles. The van der Waals surface area contributed by atoms with Crippen LogP contribution in [0.4, 0.5) is 16.0 Å². The first-order chi connectivity index (χ1) is 16.1. The van der Waals surface area contributed by atoms with Crippen molar-refractivity contribution in [3.05, 3.63) is 66.2 Å². The molecule has 0 atom stereocenters. The lowest BCUT2D eigenvalue weighted by molar-refractivity contribution is 0.238. The van der Waals surface area contributed by atoms with E-state index in [0.29, 0.717) is 17.9 Å². The van der Waals surface area contributed by atoms with Gasteiger partial charge in [0.25, 0.3) is 0 Å². The molecule has 1 saturated heterocycles. The fourth-order valence-electron chi connectivity index (χ4n) is 4.03. The van der Waals surface area contributed by atoms with Crippen molar-refractivity contribution < 1.29 is 13.9 Å². The first kappa shape index (κ1) is 21.2. The SMILES string of the molecule is Cc1cc2c(F)c(Oc3ccnc(Nc4cccc(OCCN5CCCC5)c4)n3)ccc2[nH]1. The van der Waals surface area contributed by atoms with Gasteiger partial charge in [-0.25, -0.2) is 9.37 Å². The van der Waals surface area contributed by atoms with Gasteiger partial charge < -0.3 is 19.8 Å². The second-order valence-electron chi connectivity index (χ2n) is 8.16. The molecule has 0 bridgehead atoms. The Hall–Kier alpha value is -3.65. The number of halogens is 1. The standard InChI is InChI=1S/C25H26FN5O2/c1-17-15-20-21(28-17)7-8-22(24(20)26)33-23-9-10-27-25(30-23)29-18-5-4-6-19(16-18)32-14-13-31-11-2-3-12-31/h4-10,15-16,28H,2-3,11-14H2,1H3,(H,27,29,30). The number of anilines is 2. The number of benzene rings is 2. The van der Waals surface area contributed by atoms with Crippen molar-refractivity contribution in [1.29, 1.82) is 0 Å². The fraction of sp³-hybridized carbons (Fsp3) is 0.280. The van der Waals surface area contributed by atoms with Crippen molar-refractivity contribution in [2.45, 2.75) is 19.8 Å². The van der Waals surface area contributed by atoms with E-state index < -0.39 is 5.82 Å². The maximum Gasteiger partial charge on any atom is 0.230 e. The molecule has 5 rings (SSSR count). The Morgan fingerprint density at radius 2 is 2.00 bits per heavy atom. The van der Waals surface area contributed by atoms with Crippen LogP contribution in [0.15, 0.2) is 54.7 Å². The summed E-state index contributed by atoms with van der Waals surface area (Å²) in [5.74, 6) is 1.06. The summed E-state index contributed by atoms with van der Waals surface area (Å²) >= 11 is 0. The van der Waals surface area contributed by atoms with Gasteiger partial charge in [-0.05, 0) is 63.2 Å². The van der Waals surface area contributed by atoms with Gasteiger partial charge in [-0.15, -0.1) is 0 Å². The maximum atomic E-state index is 14.8. The summed E-state index contributed by atoms with van der Waals surface area (Å²) in [6, 6.07) is 14.4. The number of rotatable bonds is 8. The van der Waals surface area contributed by atoms with Gasteiger partial charge >= 0.3 is 0 Å². The van der Waals surface area contributed by atoms with E-state index in [1.807, 2.05) is 31.2 Å². The summed E-state index contributed by atoms with van der Waals surface area (Å²) in [4.78, 5) is 14.1. The van der Waals surface area contributed by atoms with Crippen LogP contribution in [0.25, 0.3) is 10.9 Å². The minimum Gasteiger partial charge on any atom is -0.492 e. The zero-order valence-corrected chi connectivity index (χ0v) is 18.5. The minimum absolute atomic E-state index is 0.111. The molecule has 0 radical (unpaired) electrons. The summed E-state index contributed by atoms with van der Waals surface area (Å²) in [5, 5.41) is 3.64. The summed E-state index contributed by atoms with van der Waals surface area (Å²) in [6.07, 6.45) is 4.11. The lowest BCUT2D eigenvalue weighted by atomic mass is 10.2. The van der Waals surface area contributed by atoms with Crippen LogP contribution in [-0.4, -0.2) is 46.1 Å². The number of ether oxygens (including phenoxy) is 2. The van der Waals surface area contributed by atoms with E-state index in [4.69, 9.17) is 9.47 Å². The van der Waals surface area contributed by atoms with Crippen LogP contribution in [-0.2, 0) is 0 Å². The molecule has 4 aromatic rings. The number of H-pyrrole nitrogens is 1. The van der Waals surface area contributed by atoms with Crippen molar-refractivity contribution in [2.75, 3.05) is 31.6 Å². The molecule has 0 spiro atoms. The largest absolute Gasteiger partial charge is 0.492 e. The van der Waals surface area contributed by atoms with E-state index in [1.165, 1.54) is 12.8 Å². The molecule has 33 heavy (non-hydrogen) atoms.